The molecule has 0 amide bonds. The maximum absolute atomic E-state index is 13.1. The maximum atomic E-state index is 13.1. The summed E-state index contributed by atoms with van der Waals surface area (Å²) < 4.78 is 18.6. The van der Waals surface area contributed by atoms with Gasteiger partial charge in [-0.15, -0.1) is 0 Å². The number of halogens is 1. The zero-order chi connectivity index (χ0) is 13.0. The van der Waals surface area contributed by atoms with Gasteiger partial charge in [0.2, 0.25) is 0 Å². The molecule has 0 aliphatic heterocycles. The molecule has 0 aliphatic carbocycles. The number of nitriles is 1. The van der Waals surface area contributed by atoms with Crippen LogP contribution < -0.4 is 10.5 Å². The predicted octanol–water partition coefficient (Wildman–Crippen LogP) is 2.86. The zero-order valence-corrected chi connectivity index (χ0v) is 9.56. The monoisotopic (exact) mass is 242 g/mol. The number of nitrogens with zero attached hydrogens (tertiary/aromatic N) is 1. The van der Waals surface area contributed by atoms with Gasteiger partial charge in [0.25, 0.3) is 0 Å². The minimum absolute atomic E-state index is 0.230. The van der Waals surface area contributed by atoms with E-state index in [0.29, 0.717) is 22.6 Å². The number of nitrogen functional groups attached to an aromatic ring is 1. The molecule has 0 heterocycles. The van der Waals surface area contributed by atoms with Crippen LogP contribution in [-0.4, -0.2) is 0 Å². The number of ether oxygens (including phenoxy) is 1. The lowest BCUT2D eigenvalue weighted by atomic mass is 10.2. The molecule has 0 aliphatic rings. The summed E-state index contributed by atoms with van der Waals surface area (Å²) in [5, 5.41) is 8.65. The number of anilines is 1. The molecule has 2 rings (SSSR count). The van der Waals surface area contributed by atoms with E-state index in [1.807, 2.05) is 6.07 Å². The molecule has 0 saturated carbocycles. The van der Waals surface area contributed by atoms with Crippen LogP contribution in [0.2, 0.25) is 0 Å². The van der Waals surface area contributed by atoms with Crippen molar-refractivity contribution in [1.82, 2.24) is 0 Å². The Morgan fingerprint density at radius 2 is 1.89 bits per heavy atom. The third-order valence-electron chi connectivity index (χ3n) is 2.37. The van der Waals surface area contributed by atoms with Gasteiger partial charge in [-0.1, -0.05) is 0 Å². The number of hydrogen-bond acceptors (Lipinski definition) is 3. The van der Waals surface area contributed by atoms with Crippen molar-refractivity contribution in [2.45, 2.75) is 6.61 Å². The van der Waals surface area contributed by atoms with Gasteiger partial charge >= 0.3 is 0 Å². The fraction of sp³-hybridized carbons (Fsp3) is 0.0714. The SMILES string of the molecule is N#Cc1ccc(OCc2cc(N)cc(F)c2)cc1. The maximum Gasteiger partial charge on any atom is 0.125 e. The van der Waals surface area contributed by atoms with Crippen LogP contribution in [-0.2, 0) is 6.61 Å². The molecule has 0 spiro atoms. The van der Waals surface area contributed by atoms with E-state index in [9.17, 15) is 4.39 Å². The molecule has 4 heteroatoms. The van der Waals surface area contributed by atoms with E-state index in [1.54, 1.807) is 30.3 Å². The highest BCUT2D eigenvalue weighted by Crippen LogP contribution is 2.16. The number of benzene rings is 2. The second-order valence-electron chi connectivity index (χ2n) is 3.82. The van der Waals surface area contributed by atoms with Crippen molar-refractivity contribution in [2.24, 2.45) is 0 Å². The van der Waals surface area contributed by atoms with Gasteiger partial charge in [-0.05, 0) is 48.0 Å². The molecule has 0 bridgehead atoms. The van der Waals surface area contributed by atoms with E-state index in [2.05, 4.69) is 0 Å². The van der Waals surface area contributed by atoms with E-state index in [0.717, 1.165) is 0 Å². The number of hydrogen-bond donors (Lipinski definition) is 1. The first-order chi connectivity index (χ1) is 8.67. The molecule has 0 aromatic heterocycles. The molecular weight excluding hydrogens is 231 g/mol. The Labute approximate surface area is 104 Å². The van der Waals surface area contributed by atoms with Crippen molar-refractivity contribution in [1.29, 1.82) is 5.26 Å². The van der Waals surface area contributed by atoms with E-state index in [1.165, 1.54) is 12.1 Å². The van der Waals surface area contributed by atoms with Gasteiger partial charge in [0.15, 0.2) is 0 Å². The van der Waals surface area contributed by atoms with Crippen molar-refractivity contribution in [3.8, 4) is 11.8 Å². The molecule has 0 saturated heterocycles. The van der Waals surface area contributed by atoms with Gasteiger partial charge in [-0.3, -0.25) is 0 Å². The highest BCUT2D eigenvalue weighted by atomic mass is 19.1. The van der Waals surface area contributed by atoms with Crippen molar-refractivity contribution in [2.75, 3.05) is 5.73 Å². The second-order valence-corrected chi connectivity index (χ2v) is 3.82. The first-order valence-electron chi connectivity index (χ1n) is 5.35. The van der Waals surface area contributed by atoms with E-state index >= 15 is 0 Å². The molecule has 0 radical (unpaired) electrons. The third-order valence-corrected chi connectivity index (χ3v) is 2.37. The second kappa shape index (κ2) is 5.19. The largest absolute Gasteiger partial charge is 0.489 e. The fourth-order valence-corrected chi connectivity index (χ4v) is 1.55. The Kier molecular flexibility index (Phi) is 3.44. The molecule has 2 aromatic rings. The van der Waals surface area contributed by atoms with Crippen LogP contribution >= 0.6 is 0 Å². The summed E-state index contributed by atoms with van der Waals surface area (Å²) in [5.41, 5.74) is 7.13. The molecule has 2 N–H and O–H groups in total. The summed E-state index contributed by atoms with van der Waals surface area (Å²) in [6.45, 7) is 0.230. The zero-order valence-electron chi connectivity index (χ0n) is 9.56. The third kappa shape index (κ3) is 2.98. The van der Waals surface area contributed by atoms with E-state index < -0.39 is 0 Å². The molecule has 3 nitrogen and oxygen atoms in total. The van der Waals surface area contributed by atoms with Gasteiger partial charge in [0, 0.05) is 5.69 Å². The lowest BCUT2D eigenvalue weighted by molar-refractivity contribution is 0.305. The molecule has 2 aromatic carbocycles. The van der Waals surface area contributed by atoms with Crippen LogP contribution in [0.25, 0.3) is 0 Å². The summed E-state index contributed by atoms with van der Waals surface area (Å²) in [6.07, 6.45) is 0. The first-order valence-corrected chi connectivity index (χ1v) is 5.35. The Morgan fingerprint density at radius 3 is 2.50 bits per heavy atom. The molecule has 90 valence electrons. The summed E-state index contributed by atoms with van der Waals surface area (Å²) in [4.78, 5) is 0. The predicted molar refractivity (Wildman–Crippen MR) is 66.3 cm³/mol. The summed E-state index contributed by atoms with van der Waals surface area (Å²) in [5.74, 6) is 0.241. The Bertz CT molecular complexity index is 567. The van der Waals surface area contributed by atoms with Crippen LogP contribution in [0.1, 0.15) is 11.1 Å². The lowest BCUT2D eigenvalue weighted by Gasteiger charge is -2.07. The number of nitrogens with two attached hydrogens (primary N) is 1. The van der Waals surface area contributed by atoms with Crippen LogP contribution in [0.15, 0.2) is 42.5 Å². The molecule has 0 unspecified atom stereocenters. The summed E-state index contributed by atoms with van der Waals surface area (Å²) >= 11 is 0. The van der Waals surface area contributed by atoms with Crippen LogP contribution in [0, 0.1) is 17.1 Å². The van der Waals surface area contributed by atoms with Gasteiger partial charge in [0.05, 0.1) is 11.6 Å². The average Bonchev–Trinajstić information content (AvgIpc) is 2.36. The Hall–Kier alpha value is -2.54. The lowest BCUT2D eigenvalue weighted by Crippen LogP contribution is -1.98. The van der Waals surface area contributed by atoms with E-state index in [4.69, 9.17) is 15.7 Å². The molecular formula is C14H11FN2O. The van der Waals surface area contributed by atoms with Crippen molar-refractivity contribution >= 4 is 5.69 Å². The highest BCUT2D eigenvalue weighted by Gasteiger charge is 2.00. The quantitative estimate of drug-likeness (QED) is 0.842. The van der Waals surface area contributed by atoms with E-state index in [-0.39, 0.29) is 12.4 Å². The minimum Gasteiger partial charge on any atom is -0.489 e. The van der Waals surface area contributed by atoms with Gasteiger partial charge in [-0.25, -0.2) is 4.39 Å². The minimum atomic E-state index is -0.381. The van der Waals surface area contributed by atoms with Gasteiger partial charge in [0.1, 0.15) is 18.2 Å². The highest BCUT2D eigenvalue weighted by molar-refractivity contribution is 5.41. The van der Waals surface area contributed by atoms with Crippen molar-refractivity contribution in [3.05, 3.63) is 59.4 Å². The molecule has 0 fully saturated rings. The van der Waals surface area contributed by atoms with Crippen molar-refractivity contribution < 1.29 is 9.13 Å². The Morgan fingerprint density at radius 1 is 1.17 bits per heavy atom. The average molecular weight is 242 g/mol. The molecule has 0 atom stereocenters. The Balaban J connectivity index is 2.04. The van der Waals surface area contributed by atoms with Crippen LogP contribution in [0.4, 0.5) is 10.1 Å². The van der Waals surface area contributed by atoms with Crippen LogP contribution in [0.5, 0.6) is 5.75 Å². The normalized spacial score (nSPS) is 9.78. The number of rotatable bonds is 3. The van der Waals surface area contributed by atoms with Crippen LogP contribution in [0.3, 0.4) is 0 Å². The smallest absolute Gasteiger partial charge is 0.125 e. The van der Waals surface area contributed by atoms with Crippen molar-refractivity contribution in [3.63, 3.8) is 0 Å². The standard InChI is InChI=1S/C14H11FN2O/c15-12-5-11(6-13(17)7-12)9-18-14-3-1-10(8-16)2-4-14/h1-7H,9,17H2. The summed E-state index contributed by atoms with van der Waals surface area (Å²) in [6, 6.07) is 13.0. The summed E-state index contributed by atoms with van der Waals surface area (Å²) in [7, 11) is 0. The first kappa shape index (κ1) is 11.9. The molecule has 18 heavy (non-hydrogen) atoms. The fourth-order valence-electron chi connectivity index (χ4n) is 1.55. The topological polar surface area (TPSA) is 59.0 Å². The van der Waals surface area contributed by atoms with Gasteiger partial charge in [-0.2, -0.15) is 5.26 Å². The van der Waals surface area contributed by atoms with Gasteiger partial charge < -0.3 is 10.5 Å².